The maximum Gasteiger partial charge on any atom is 0.140 e. The Bertz CT molecular complexity index is 452. The van der Waals surface area contributed by atoms with Crippen LogP contribution in [-0.4, -0.2) is 107 Å². The summed E-state index contributed by atoms with van der Waals surface area (Å²) in [6.45, 7) is 23.4. The lowest BCUT2D eigenvalue weighted by atomic mass is 9.89. The first-order chi connectivity index (χ1) is 14.1. The normalized spacial score (nSPS) is 16.9. The molecule has 1 rings (SSSR count). The zero-order valence-corrected chi connectivity index (χ0v) is 20.4. The van der Waals surface area contributed by atoms with E-state index in [0.29, 0.717) is 32.8 Å². The van der Waals surface area contributed by atoms with Crippen LogP contribution in [0.2, 0.25) is 0 Å². The van der Waals surface area contributed by atoms with Crippen LogP contribution < -0.4 is 5.32 Å². The SMILES string of the molecule is CC(C)(C)NCCOCCOCCN1CCN(CCOCCC(=O)C(C)(C)C)CC1. The number of hydrogen-bond acceptors (Lipinski definition) is 7. The van der Waals surface area contributed by atoms with E-state index in [1.807, 2.05) is 20.8 Å². The van der Waals surface area contributed by atoms with Gasteiger partial charge in [0.2, 0.25) is 0 Å². The van der Waals surface area contributed by atoms with Crippen molar-refractivity contribution >= 4 is 5.78 Å². The molecule has 0 amide bonds. The van der Waals surface area contributed by atoms with Crippen molar-refractivity contribution in [2.75, 3.05) is 85.5 Å². The van der Waals surface area contributed by atoms with Crippen molar-refractivity contribution in [1.29, 1.82) is 0 Å². The molecule has 1 aliphatic rings. The Morgan fingerprint density at radius 3 is 1.67 bits per heavy atom. The monoisotopic (exact) mass is 429 g/mol. The van der Waals surface area contributed by atoms with E-state index in [2.05, 4.69) is 35.9 Å². The highest BCUT2D eigenvalue weighted by Gasteiger charge is 2.20. The average Bonchev–Trinajstić information content (AvgIpc) is 2.65. The summed E-state index contributed by atoms with van der Waals surface area (Å²) >= 11 is 0. The molecule has 178 valence electrons. The van der Waals surface area contributed by atoms with E-state index in [9.17, 15) is 4.79 Å². The van der Waals surface area contributed by atoms with Crippen molar-refractivity contribution in [3.8, 4) is 0 Å². The number of rotatable bonds is 15. The van der Waals surface area contributed by atoms with Crippen molar-refractivity contribution in [2.24, 2.45) is 5.41 Å². The molecule has 0 bridgehead atoms. The summed E-state index contributed by atoms with van der Waals surface area (Å²) in [5, 5.41) is 3.40. The molecule has 0 unspecified atom stereocenters. The first-order valence-corrected chi connectivity index (χ1v) is 11.5. The van der Waals surface area contributed by atoms with Gasteiger partial charge in [0.25, 0.3) is 0 Å². The van der Waals surface area contributed by atoms with E-state index in [-0.39, 0.29) is 16.7 Å². The van der Waals surface area contributed by atoms with Crippen LogP contribution in [0.15, 0.2) is 0 Å². The van der Waals surface area contributed by atoms with Gasteiger partial charge < -0.3 is 19.5 Å². The van der Waals surface area contributed by atoms with Crippen molar-refractivity contribution in [3.05, 3.63) is 0 Å². The van der Waals surface area contributed by atoms with Crippen LogP contribution in [0, 0.1) is 5.41 Å². The molecule has 0 radical (unpaired) electrons. The molecule has 1 fully saturated rings. The molecule has 1 saturated heterocycles. The van der Waals surface area contributed by atoms with Crippen molar-refractivity contribution in [1.82, 2.24) is 15.1 Å². The van der Waals surface area contributed by atoms with Gasteiger partial charge in [-0.2, -0.15) is 0 Å². The highest BCUT2D eigenvalue weighted by atomic mass is 16.5. The standard InChI is InChI=1S/C23H47N3O4/c1-22(2,3)21(27)7-15-28-17-13-25-9-11-26(12-10-25)14-18-30-20-19-29-16-8-24-23(4,5)6/h24H,7-20H2,1-6H3. The van der Waals surface area contributed by atoms with Gasteiger partial charge in [-0.05, 0) is 20.8 Å². The second-order valence-electron chi connectivity index (χ2n) is 10.1. The molecular formula is C23H47N3O4. The van der Waals surface area contributed by atoms with Crippen molar-refractivity contribution < 1.29 is 19.0 Å². The molecule has 0 aromatic heterocycles. The summed E-state index contributed by atoms with van der Waals surface area (Å²) in [4.78, 5) is 16.8. The minimum atomic E-state index is -0.264. The van der Waals surface area contributed by atoms with Crippen LogP contribution in [0.25, 0.3) is 0 Å². The molecule has 0 aromatic carbocycles. The molecular weight excluding hydrogens is 382 g/mol. The predicted molar refractivity (Wildman–Crippen MR) is 122 cm³/mol. The summed E-state index contributed by atoms with van der Waals surface area (Å²) < 4.78 is 16.9. The molecule has 7 heteroatoms. The maximum absolute atomic E-state index is 11.9. The predicted octanol–water partition coefficient (Wildman–Crippen LogP) is 2.05. The van der Waals surface area contributed by atoms with Crippen LogP contribution in [0.4, 0.5) is 0 Å². The van der Waals surface area contributed by atoms with E-state index in [4.69, 9.17) is 14.2 Å². The average molecular weight is 430 g/mol. The Morgan fingerprint density at radius 1 is 0.733 bits per heavy atom. The number of hydrogen-bond donors (Lipinski definition) is 1. The third-order valence-corrected chi connectivity index (χ3v) is 5.15. The van der Waals surface area contributed by atoms with Crippen LogP contribution in [0.1, 0.15) is 48.0 Å². The van der Waals surface area contributed by atoms with Crippen molar-refractivity contribution in [2.45, 2.75) is 53.5 Å². The van der Waals surface area contributed by atoms with E-state index in [1.54, 1.807) is 0 Å². The molecule has 0 aliphatic carbocycles. The molecule has 1 aliphatic heterocycles. The second-order valence-corrected chi connectivity index (χ2v) is 10.1. The van der Waals surface area contributed by atoms with Crippen LogP contribution in [0.3, 0.4) is 0 Å². The highest BCUT2D eigenvalue weighted by molar-refractivity contribution is 5.83. The maximum atomic E-state index is 11.9. The molecule has 0 spiro atoms. The second kappa shape index (κ2) is 14.5. The zero-order chi connectivity index (χ0) is 22.5. The van der Waals surface area contributed by atoms with E-state index < -0.39 is 0 Å². The molecule has 7 nitrogen and oxygen atoms in total. The lowest BCUT2D eigenvalue weighted by Gasteiger charge is -2.34. The van der Waals surface area contributed by atoms with Crippen LogP contribution >= 0.6 is 0 Å². The molecule has 0 aromatic rings. The fraction of sp³-hybridized carbons (Fsp3) is 0.957. The highest BCUT2D eigenvalue weighted by Crippen LogP contribution is 2.16. The van der Waals surface area contributed by atoms with Gasteiger partial charge >= 0.3 is 0 Å². The fourth-order valence-corrected chi connectivity index (χ4v) is 3.09. The summed E-state index contributed by atoms with van der Waals surface area (Å²) in [5.41, 5.74) is -0.122. The Balaban J connectivity index is 1.91. The zero-order valence-electron chi connectivity index (χ0n) is 20.4. The number of ether oxygens (including phenoxy) is 3. The van der Waals surface area contributed by atoms with Gasteiger partial charge in [0, 0.05) is 63.2 Å². The Labute approximate surface area is 184 Å². The molecule has 0 saturated carbocycles. The topological polar surface area (TPSA) is 63.3 Å². The largest absolute Gasteiger partial charge is 0.380 e. The number of nitrogens with zero attached hydrogens (tertiary/aromatic N) is 2. The summed E-state index contributed by atoms with van der Waals surface area (Å²) in [6, 6.07) is 0. The van der Waals surface area contributed by atoms with E-state index in [1.165, 1.54) is 0 Å². The lowest BCUT2D eigenvalue weighted by Crippen LogP contribution is -2.48. The summed E-state index contributed by atoms with van der Waals surface area (Å²) in [7, 11) is 0. The number of carbonyl (C=O) groups is 1. The first-order valence-electron chi connectivity index (χ1n) is 11.5. The molecule has 30 heavy (non-hydrogen) atoms. The van der Waals surface area contributed by atoms with Gasteiger partial charge in [-0.15, -0.1) is 0 Å². The number of nitrogens with one attached hydrogen (secondary N) is 1. The van der Waals surface area contributed by atoms with Gasteiger partial charge in [-0.3, -0.25) is 14.6 Å². The number of Topliss-reactive ketones (excluding diaryl/α,β-unsaturated/α-hetero) is 1. The van der Waals surface area contributed by atoms with Gasteiger partial charge in [0.1, 0.15) is 5.78 Å². The van der Waals surface area contributed by atoms with Gasteiger partial charge in [0.15, 0.2) is 0 Å². The first kappa shape index (κ1) is 27.5. The van der Waals surface area contributed by atoms with Crippen LogP contribution in [0.5, 0.6) is 0 Å². The lowest BCUT2D eigenvalue weighted by molar-refractivity contribution is -0.127. The minimum absolute atomic E-state index is 0.142. The van der Waals surface area contributed by atoms with Gasteiger partial charge in [0.05, 0.1) is 39.6 Å². The molecule has 0 atom stereocenters. The van der Waals surface area contributed by atoms with Crippen molar-refractivity contribution in [3.63, 3.8) is 0 Å². The Hall–Kier alpha value is -0.570. The van der Waals surface area contributed by atoms with Gasteiger partial charge in [-0.25, -0.2) is 0 Å². The fourth-order valence-electron chi connectivity index (χ4n) is 3.09. The van der Waals surface area contributed by atoms with E-state index in [0.717, 1.165) is 59.0 Å². The van der Waals surface area contributed by atoms with E-state index >= 15 is 0 Å². The smallest absolute Gasteiger partial charge is 0.140 e. The quantitative estimate of drug-likeness (QED) is 0.400. The number of ketones is 1. The number of carbonyl (C=O) groups excluding carboxylic acids is 1. The van der Waals surface area contributed by atoms with Crippen LogP contribution in [-0.2, 0) is 19.0 Å². The third kappa shape index (κ3) is 14.4. The van der Waals surface area contributed by atoms with Gasteiger partial charge in [-0.1, -0.05) is 20.8 Å². The molecule has 1 N–H and O–H groups in total. The third-order valence-electron chi connectivity index (χ3n) is 5.15. The Morgan fingerprint density at radius 2 is 1.20 bits per heavy atom. The Kier molecular flexibility index (Phi) is 13.3. The number of piperazine rings is 1. The molecule has 1 heterocycles. The summed E-state index contributed by atoms with van der Waals surface area (Å²) in [5.74, 6) is 0.266. The summed E-state index contributed by atoms with van der Waals surface area (Å²) in [6.07, 6.45) is 0.510. The minimum Gasteiger partial charge on any atom is -0.380 e.